The van der Waals surface area contributed by atoms with Crippen LogP contribution < -0.4 is 10.6 Å². The molecule has 1 amide bonds. The van der Waals surface area contributed by atoms with Crippen molar-refractivity contribution in [3.05, 3.63) is 0 Å². The van der Waals surface area contributed by atoms with Gasteiger partial charge < -0.3 is 10.6 Å². The molecule has 12 heavy (non-hydrogen) atoms. The summed E-state index contributed by atoms with van der Waals surface area (Å²) in [7, 11) is 0. The number of amides is 1. The van der Waals surface area contributed by atoms with E-state index in [1.54, 1.807) is 0 Å². The molecule has 0 bridgehead atoms. The molecular weight excluding hydrogens is 152 g/mol. The molecule has 0 aliphatic heterocycles. The molecule has 0 unspecified atom stereocenters. The Morgan fingerprint density at radius 1 is 1.42 bits per heavy atom. The number of likely N-dealkylation sites (N-methyl/N-ethyl adjacent to an activating group) is 1. The second kappa shape index (κ2) is 5.14. The Balaban J connectivity index is 1.87. The van der Waals surface area contributed by atoms with Crippen LogP contribution in [0.15, 0.2) is 0 Å². The summed E-state index contributed by atoms with van der Waals surface area (Å²) in [4.78, 5) is 11.1. The van der Waals surface area contributed by atoms with Crippen LogP contribution in [0.3, 0.4) is 0 Å². The molecule has 3 heteroatoms. The molecule has 0 aromatic carbocycles. The van der Waals surface area contributed by atoms with Crippen molar-refractivity contribution in [3.8, 4) is 0 Å². The quantitative estimate of drug-likeness (QED) is 0.570. The molecule has 1 rings (SSSR count). The van der Waals surface area contributed by atoms with Crippen molar-refractivity contribution in [3.63, 3.8) is 0 Å². The van der Waals surface area contributed by atoms with E-state index in [4.69, 9.17) is 0 Å². The summed E-state index contributed by atoms with van der Waals surface area (Å²) in [5.41, 5.74) is 0. The van der Waals surface area contributed by atoms with E-state index in [-0.39, 0.29) is 5.91 Å². The first-order valence-electron chi connectivity index (χ1n) is 4.80. The smallest absolute Gasteiger partial charge is 0.220 e. The third-order valence-electron chi connectivity index (χ3n) is 2.04. The van der Waals surface area contributed by atoms with E-state index in [0.29, 0.717) is 5.92 Å². The summed E-state index contributed by atoms with van der Waals surface area (Å²) in [5, 5.41) is 6.05. The summed E-state index contributed by atoms with van der Waals surface area (Å²) in [6.45, 7) is 4.68. The van der Waals surface area contributed by atoms with E-state index in [9.17, 15) is 4.79 Å². The molecule has 0 radical (unpaired) electrons. The molecule has 1 saturated carbocycles. The van der Waals surface area contributed by atoms with Crippen LogP contribution >= 0.6 is 0 Å². The molecular formula is C9H18N2O. The monoisotopic (exact) mass is 170 g/mol. The predicted octanol–water partition coefficient (Wildman–Crippen LogP) is 0.512. The lowest BCUT2D eigenvalue weighted by Crippen LogP contribution is -2.31. The summed E-state index contributed by atoms with van der Waals surface area (Å²) in [6.07, 6.45) is 3.24. The molecule has 1 aliphatic rings. The van der Waals surface area contributed by atoms with Gasteiger partial charge in [-0.05, 0) is 25.3 Å². The summed E-state index contributed by atoms with van der Waals surface area (Å²) in [6, 6.07) is 0. The molecule has 1 fully saturated rings. The fraction of sp³-hybridized carbons (Fsp3) is 0.889. The molecule has 0 aromatic heterocycles. The highest BCUT2D eigenvalue weighted by molar-refractivity contribution is 5.76. The molecule has 70 valence electrons. The number of hydrogen-bond donors (Lipinski definition) is 2. The molecule has 3 nitrogen and oxygen atoms in total. The molecule has 2 N–H and O–H groups in total. The van der Waals surface area contributed by atoms with Crippen molar-refractivity contribution in [2.75, 3.05) is 19.6 Å². The number of rotatable bonds is 6. The van der Waals surface area contributed by atoms with Crippen LogP contribution in [0.5, 0.6) is 0 Å². The fourth-order valence-corrected chi connectivity index (χ4v) is 1.12. The maximum atomic E-state index is 11.1. The van der Waals surface area contributed by atoms with Crippen molar-refractivity contribution >= 4 is 5.91 Å². The maximum Gasteiger partial charge on any atom is 0.220 e. The summed E-state index contributed by atoms with van der Waals surface area (Å²) in [5.74, 6) is 0.916. The molecule has 0 aromatic rings. The van der Waals surface area contributed by atoms with Crippen LogP contribution in [0.4, 0.5) is 0 Å². The van der Waals surface area contributed by atoms with Gasteiger partial charge in [-0.2, -0.15) is 0 Å². The number of carbonyl (C=O) groups excluding carboxylic acids is 1. The Bertz CT molecular complexity index is 143. The zero-order chi connectivity index (χ0) is 8.81. The normalized spacial score (nSPS) is 16.1. The van der Waals surface area contributed by atoms with Gasteiger partial charge in [0, 0.05) is 19.5 Å². The number of hydrogen-bond acceptors (Lipinski definition) is 2. The third kappa shape index (κ3) is 4.34. The lowest BCUT2D eigenvalue weighted by Gasteiger charge is -2.04. The molecule has 0 heterocycles. The molecule has 1 aliphatic carbocycles. The average Bonchev–Trinajstić information content (AvgIpc) is 2.82. The van der Waals surface area contributed by atoms with Crippen LogP contribution in [0.2, 0.25) is 0 Å². The first-order valence-corrected chi connectivity index (χ1v) is 4.80. The largest absolute Gasteiger partial charge is 0.355 e. The second-order valence-corrected chi connectivity index (χ2v) is 3.35. The highest BCUT2D eigenvalue weighted by atomic mass is 16.1. The minimum atomic E-state index is 0.218. The lowest BCUT2D eigenvalue weighted by atomic mass is 10.3. The van der Waals surface area contributed by atoms with Gasteiger partial charge in [-0.25, -0.2) is 0 Å². The van der Waals surface area contributed by atoms with Crippen LogP contribution in [-0.2, 0) is 4.79 Å². The van der Waals surface area contributed by atoms with Crippen molar-refractivity contribution in [2.45, 2.75) is 26.2 Å². The van der Waals surface area contributed by atoms with Gasteiger partial charge in [0.25, 0.3) is 0 Å². The van der Waals surface area contributed by atoms with E-state index in [1.807, 2.05) is 0 Å². The molecule has 0 spiro atoms. The third-order valence-corrected chi connectivity index (χ3v) is 2.04. The van der Waals surface area contributed by atoms with E-state index >= 15 is 0 Å². The molecule has 0 atom stereocenters. The van der Waals surface area contributed by atoms with E-state index in [0.717, 1.165) is 26.1 Å². The topological polar surface area (TPSA) is 41.1 Å². The Labute approximate surface area is 73.9 Å². The van der Waals surface area contributed by atoms with Crippen LogP contribution in [0, 0.1) is 5.92 Å². The zero-order valence-corrected chi connectivity index (χ0v) is 7.73. The van der Waals surface area contributed by atoms with Crippen LogP contribution in [0.25, 0.3) is 0 Å². The highest BCUT2D eigenvalue weighted by Gasteiger charge is 2.23. The summed E-state index contributed by atoms with van der Waals surface area (Å²) < 4.78 is 0. The Kier molecular flexibility index (Phi) is 4.08. The average molecular weight is 170 g/mol. The first-order chi connectivity index (χ1) is 5.83. The SMILES string of the molecule is CCNCCNC(=O)CC1CC1. The van der Waals surface area contributed by atoms with Gasteiger partial charge in [0.1, 0.15) is 0 Å². The fourth-order valence-electron chi connectivity index (χ4n) is 1.12. The van der Waals surface area contributed by atoms with Crippen molar-refractivity contribution in [1.29, 1.82) is 0 Å². The van der Waals surface area contributed by atoms with Crippen LogP contribution in [-0.4, -0.2) is 25.5 Å². The second-order valence-electron chi connectivity index (χ2n) is 3.35. The highest BCUT2D eigenvalue weighted by Crippen LogP contribution is 2.31. The van der Waals surface area contributed by atoms with E-state index in [1.165, 1.54) is 12.8 Å². The van der Waals surface area contributed by atoms with Crippen LogP contribution in [0.1, 0.15) is 26.2 Å². The van der Waals surface area contributed by atoms with Gasteiger partial charge in [-0.3, -0.25) is 4.79 Å². The Morgan fingerprint density at radius 2 is 2.17 bits per heavy atom. The van der Waals surface area contributed by atoms with Gasteiger partial charge >= 0.3 is 0 Å². The van der Waals surface area contributed by atoms with Gasteiger partial charge in [-0.1, -0.05) is 6.92 Å². The van der Waals surface area contributed by atoms with Gasteiger partial charge in [-0.15, -0.1) is 0 Å². The van der Waals surface area contributed by atoms with E-state index in [2.05, 4.69) is 17.6 Å². The standard InChI is InChI=1S/C9H18N2O/c1-2-10-5-6-11-9(12)7-8-3-4-8/h8,10H,2-7H2,1H3,(H,11,12). The maximum absolute atomic E-state index is 11.1. The lowest BCUT2D eigenvalue weighted by molar-refractivity contribution is -0.121. The minimum absolute atomic E-state index is 0.218. The number of carbonyl (C=O) groups is 1. The predicted molar refractivity (Wildman–Crippen MR) is 48.9 cm³/mol. The summed E-state index contributed by atoms with van der Waals surface area (Å²) >= 11 is 0. The molecule has 0 saturated heterocycles. The van der Waals surface area contributed by atoms with Crippen molar-refractivity contribution in [2.24, 2.45) is 5.92 Å². The Hall–Kier alpha value is -0.570. The van der Waals surface area contributed by atoms with Gasteiger partial charge in [0.15, 0.2) is 0 Å². The van der Waals surface area contributed by atoms with Gasteiger partial charge in [0.05, 0.1) is 0 Å². The minimum Gasteiger partial charge on any atom is -0.355 e. The number of nitrogens with one attached hydrogen (secondary N) is 2. The van der Waals surface area contributed by atoms with Gasteiger partial charge in [0.2, 0.25) is 5.91 Å². The van der Waals surface area contributed by atoms with E-state index < -0.39 is 0 Å². The van der Waals surface area contributed by atoms with Crippen molar-refractivity contribution in [1.82, 2.24) is 10.6 Å². The zero-order valence-electron chi connectivity index (χ0n) is 7.73. The van der Waals surface area contributed by atoms with Crippen molar-refractivity contribution < 1.29 is 4.79 Å². The Morgan fingerprint density at radius 3 is 2.75 bits per heavy atom. The first kappa shape index (κ1) is 9.52.